The average Bonchev–Trinajstić information content (AvgIpc) is 3.11. The van der Waals surface area contributed by atoms with Crippen LogP contribution in [0.5, 0.6) is 0 Å². The van der Waals surface area contributed by atoms with Gasteiger partial charge in [-0.25, -0.2) is 0 Å². The van der Waals surface area contributed by atoms with Crippen LogP contribution in [0.2, 0.25) is 0 Å². The Labute approximate surface area is 293 Å². The largest absolute Gasteiger partial charge is 0.399 e. The molecule has 2 unspecified atom stereocenters. The third kappa shape index (κ3) is 12.8. The van der Waals surface area contributed by atoms with Crippen LogP contribution in [-0.4, -0.2) is 0 Å². The number of hydrogen-bond donors (Lipinski definition) is 2. The van der Waals surface area contributed by atoms with Gasteiger partial charge < -0.3 is 11.5 Å². The van der Waals surface area contributed by atoms with Gasteiger partial charge in [0.2, 0.25) is 0 Å². The van der Waals surface area contributed by atoms with Crippen LogP contribution in [0.4, 0.5) is 11.4 Å². The fourth-order valence-corrected chi connectivity index (χ4v) is 7.26. The molecule has 4 aromatic rings. The van der Waals surface area contributed by atoms with E-state index in [1.165, 1.54) is 149 Å². The van der Waals surface area contributed by atoms with E-state index in [4.69, 9.17) is 11.5 Å². The van der Waals surface area contributed by atoms with Crippen LogP contribution >= 0.6 is 0 Å². The molecule has 48 heavy (non-hydrogen) atoms. The Hall–Kier alpha value is -3.52. The molecule has 0 aliphatic carbocycles. The van der Waals surface area contributed by atoms with E-state index in [0.29, 0.717) is 11.8 Å². The minimum absolute atomic E-state index is 0.460. The maximum atomic E-state index is 5.99. The van der Waals surface area contributed by atoms with E-state index in [9.17, 15) is 0 Å². The molecule has 4 rings (SSSR count). The average molecular weight is 645 g/mol. The van der Waals surface area contributed by atoms with Gasteiger partial charge in [0.1, 0.15) is 0 Å². The van der Waals surface area contributed by atoms with Crippen LogP contribution in [0.3, 0.4) is 0 Å². The first-order chi connectivity index (χ1) is 23.6. The lowest BCUT2D eigenvalue weighted by Crippen LogP contribution is -2.02. The normalized spacial score (nSPS) is 12.6. The Kier molecular flexibility index (Phi) is 16.7. The summed E-state index contributed by atoms with van der Waals surface area (Å²) in [4.78, 5) is 0. The Morgan fingerprint density at radius 3 is 0.979 bits per heavy atom. The van der Waals surface area contributed by atoms with Crippen molar-refractivity contribution in [1.82, 2.24) is 0 Å². The monoisotopic (exact) mass is 645 g/mol. The molecule has 0 radical (unpaired) electrons. The molecule has 258 valence electrons. The summed E-state index contributed by atoms with van der Waals surface area (Å²) >= 11 is 0. The second-order valence-corrected chi connectivity index (χ2v) is 14.2. The van der Waals surface area contributed by atoms with Crippen LogP contribution in [0.1, 0.15) is 162 Å². The highest BCUT2D eigenvalue weighted by Gasteiger charge is 2.15. The highest BCUT2D eigenvalue weighted by molar-refractivity contribution is 5.44. The summed E-state index contributed by atoms with van der Waals surface area (Å²) in [6.45, 7) is 4.57. The van der Waals surface area contributed by atoms with Gasteiger partial charge in [0.25, 0.3) is 0 Å². The molecule has 0 aromatic heterocycles. The van der Waals surface area contributed by atoms with Gasteiger partial charge >= 0.3 is 0 Å². The zero-order chi connectivity index (χ0) is 33.8. The number of anilines is 2. The summed E-state index contributed by atoms with van der Waals surface area (Å²) in [5.74, 6) is 0.919. The van der Waals surface area contributed by atoms with Gasteiger partial charge in [0.05, 0.1) is 0 Å². The van der Waals surface area contributed by atoms with E-state index >= 15 is 0 Å². The van der Waals surface area contributed by atoms with E-state index in [1.807, 2.05) is 0 Å². The van der Waals surface area contributed by atoms with Gasteiger partial charge in [-0.3, -0.25) is 0 Å². The zero-order valence-corrected chi connectivity index (χ0v) is 30.3. The number of nitrogen functional groups attached to an aromatic ring is 2. The first-order valence-corrected chi connectivity index (χ1v) is 19.5. The van der Waals surface area contributed by atoms with Gasteiger partial charge in [-0.1, -0.05) is 164 Å². The maximum absolute atomic E-state index is 5.99. The van der Waals surface area contributed by atoms with Crippen LogP contribution in [-0.2, 0) is 12.8 Å². The van der Waals surface area contributed by atoms with Crippen molar-refractivity contribution >= 4 is 11.4 Å². The van der Waals surface area contributed by atoms with E-state index in [-0.39, 0.29) is 0 Å². The fourth-order valence-electron chi connectivity index (χ4n) is 7.26. The van der Waals surface area contributed by atoms with Crippen molar-refractivity contribution in [3.05, 3.63) is 130 Å². The molecule has 0 heterocycles. The smallest absolute Gasteiger partial charge is 0.0314 e. The second-order valence-electron chi connectivity index (χ2n) is 14.2. The Bertz CT molecular complexity index is 1280. The Morgan fingerprint density at radius 2 is 0.646 bits per heavy atom. The summed E-state index contributed by atoms with van der Waals surface area (Å²) in [5.41, 5.74) is 22.3. The molecule has 4 N–H and O–H groups in total. The van der Waals surface area contributed by atoms with Gasteiger partial charge in [0, 0.05) is 23.2 Å². The number of aryl methyl sites for hydroxylation is 2. The highest BCUT2D eigenvalue weighted by atomic mass is 14.5. The number of hydrogen-bond acceptors (Lipinski definition) is 2. The molecule has 2 heteroatoms. The molecule has 4 aromatic carbocycles. The van der Waals surface area contributed by atoms with Crippen molar-refractivity contribution < 1.29 is 0 Å². The zero-order valence-electron chi connectivity index (χ0n) is 30.3. The molecule has 0 bridgehead atoms. The Morgan fingerprint density at radius 1 is 0.354 bits per heavy atom. The number of unbranched alkanes of at least 4 members (excludes halogenated alkanes) is 11. The number of benzene rings is 4. The lowest BCUT2D eigenvalue weighted by atomic mass is 9.86. The molecule has 0 fully saturated rings. The van der Waals surface area contributed by atoms with Crippen molar-refractivity contribution in [3.8, 4) is 0 Å². The molecule has 2 atom stereocenters. The SMILES string of the molecule is CCCCCCC(c1ccc(N)cc1)c1ccc(CCCCCCCCc2ccc(C(CCCCCC)c3ccc(N)cc3)cc2)cc1. The Balaban J connectivity index is 1.15. The summed E-state index contributed by atoms with van der Waals surface area (Å²) < 4.78 is 0. The van der Waals surface area contributed by atoms with E-state index in [0.717, 1.165) is 11.4 Å². The maximum Gasteiger partial charge on any atom is 0.0314 e. The topological polar surface area (TPSA) is 52.0 Å². The summed E-state index contributed by atoms with van der Waals surface area (Å²) in [6, 6.07) is 36.1. The lowest BCUT2D eigenvalue weighted by molar-refractivity contribution is 0.591. The van der Waals surface area contributed by atoms with Gasteiger partial charge in [-0.05, 0) is 96.2 Å². The molecule has 0 aliphatic rings. The van der Waals surface area contributed by atoms with Gasteiger partial charge in [-0.15, -0.1) is 0 Å². The first kappa shape index (κ1) is 37.3. The van der Waals surface area contributed by atoms with Crippen LogP contribution in [0.15, 0.2) is 97.1 Å². The summed E-state index contributed by atoms with van der Waals surface area (Å²) in [5, 5.41) is 0. The standard InChI is InChI=1S/C46H64N2/c1-3-5-7-15-19-45(41-29-33-43(47)34-30-41)39-25-21-37(22-26-39)17-13-11-9-10-12-14-18-38-23-27-40(28-24-38)46(20-16-8-6-4-2)42-31-35-44(48)36-32-42/h21-36,45-46H,3-20,47-48H2,1-2H3. The van der Waals surface area contributed by atoms with E-state index in [1.54, 1.807) is 0 Å². The minimum atomic E-state index is 0.460. The highest BCUT2D eigenvalue weighted by Crippen LogP contribution is 2.32. The third-order valence-corrected chi connectivity index (χ3v) is 10.3. The van der Waals surface area contributed by atoms with E-state index in [2.05, 4.69) is 111 Å². The predicted octanol–water partition coefficient (Wildman–Crippen LogP) is 13.2. The first-order valence-electron chi connectivity index (χ1n) is 19.5. The summed E-state index contributed by atoms with van der Waals surface area (Å²) in [6.07, 6.45) is 23.1. The molecule has 2 nitrogen and oxygen atoms in total. The summed E-state index contributed by atoms with van der Waals surface area (Å²) in [7, 11) is 0. The fraction of sp³-hybridized carbons (Fsp3) is 0.478. The van der Waals surface area contributed by atoms with Crippen LogP contribution < -0.4 is 11.5 Å². The second kappa shape index (κ2) is 21.5. The van der Waals surface area contributed by atoms with Crippen molar-refractivity contribution in [3.63, 3.8) is 0 Å². The lowest BCUT2D eigenvalue weighted by Gasteiger charge is -2.19. The molecule has 0 saturated heterocycles. The van der Waals surface area contributed by atoms with Crippen LogP contribution in [0, 0.1) is 0 Å². The van der Waals surface area contributed by atoms with Crippen molar-refractivity contribution in [2.45, 2.75) is 141 Å². The van der Waals surface area contributed by atoms with Crippen molar-refractivity contribution in [2.75, 3.05) is 11.5 Å². The van der Waals surface area contributed by atoms with E-state index < -0.39 is 0 Å². The van der Waals surface area contributed by atoms with Gasteiger partial charge in [0.15, 0.2) is 0 Å². The number of nitrogens with two attached hydrogens (primary N) is 2. The molecule has 0 saturated carbocycles. The number of rotatable bonds is 23. The quantitative estimate of drug-likeness (QED) is 0.0623. The minimum Gasteiger partial charge on any atom is -0.399 e. The molecule has 0 aliphatic heterocycles. The predicted molar refractivity (Wildman–Crippen MR) is 211 cm³/mol. The molecular formula is C46H64N2. The van der Waals surface area contributed by atoms with Crippen molar-refractivity contribution in [2.24, 2.45) is 0 Å². The van der Waals surface area contributed by atoms with Gasteiger partial charge in [-0.2, -0.15) is 0 Å². The van der Waals surface area contributed by atoms with Crippen molar-refractivity contribution in [1.29, 1.82) is 0 Å². The van der Waals surface area contributed by atoms with Crippen LogP contribution in [0.25, 0.3) is 0 Å². The molecule has 0 spiro atoms. The molecular weight excluding hydrogens is 581 g/mol. The third-order valence-electron chi connectivity index (χ3n) is 10.3. The molecule has 0 amide bonds.